The summed E-state index contributed by atoms with van der Waals surface area (Å²) >= 11 is 0. The monoisotopic (exact) mass is 520 g/mol. The van der Waals surface area contributed by atoms with Crippen LogP contribution in [0.1, 0.15) is 55.3 Å². The molecule has 0 unspecified atom stereocenters. The van der Waals surface area contributed by atoms with E-state index in [9.17, 15) is 13.5 Å². The van der Waals surface area contributed by atoms with Gasteiger partial charge in [0, 0.05) is 24.6 Å². The van der Waals surface area contributed by atoms with Gasteiger partial charge < -0.3 is 15.2 Å². The minimum Gasteiger partial charge on any atom is -0.487 e. The van der Waals surface area contributed by atoms with Crippen LogP contribution in [0.5, 0.6) is 5.75 Å². The molecule has 7 heteroatoms. The van der Waals surface area contributed by atoms with E-state index in [1.807, 2.05) is 30.3 Å². The van der Waals surface area contributed by atoms with E-state index in [1.54, 1.807) is 30.3 Å². The van der Waals surface area contributed by atoms with Crippen LogP contribution in [-0.4, -0.2) is 37.8 Å². The quantitative estimate of drug-likeness (QED) is 0.366. The number of hydrogen-bond acceptors (Lipinski definition) is 5. The molecule has 2 aliphatic rings. The van der Waals surface area contributed by atoms with Gasteiger partial charge in [0.2, 0.25) is 10.0 Å². The molecule has 3 aromatic carbocycles. The van der Waals surface area contributed by atoms with Crippen LogP contribution < -0.4 is 14.8 Å². The van der Waals surface area contributed by atoms with Crippen molar-refractivity contribution < 1.29 is 18.3 Å². The van der Waals surface area contributed by atoms with Gasteiger partial charge in [-0.05, 0) is 61.4 Å². The molecule has 1 heterocycles. The molecule has 0 saturated heterocycles. The fraction of sp³-hybridized carbons (Fsp3) is 0.400. The van der Waals surface area contributed by atoms with E-state index >= 15 is 0 Å². The molecule has 1 aliphatic heterocycles. The Bertz CT molecular complexity index is 1290. The number of rotatable bonds is 10. The van der Waals surface area contributed by atoms with E-state index in [4.69, 9.17) is 4.74 Å². The summed E-state index contributed by atoms with van der Waals surface area (Å²) in [6.07, 6.45) is 4.47. The standard InChI is InChI=1S/C30H36N2O4S/c1-2-22-14-15-29-25(18-22)27(20-30(36-29)16-9-17-30)31-21-28(33)26(19-23-10-5-3-6-11-23)32-37(34,35)24-12-7-4-8-13-24/h3-8,10-15,18,26-28,31-33H,2,9,16-17,19-21H2,1H3/t26-,27-,28-/m0/s1. The zero-order valence-corrected chi connectivity index (χ0v) is 22.1. The summed E-state index contributed by atoms with van der Waals surface area (Å²) in [5.41, 5.74) is 3.19. The van der Waals surface area contributed by atoms with Gasteiger partial charge in [-0.15, -0.1) is 0 Å². The van der Waals surface area contributed by atoms with Crippen LogP contribution in [0.25, 0.3) is 0 Å². The predicted octanol–water partition coefficient (Wildman–Crippen LogP) is 4.54. The van der Waals surface area contributed by atoms with E-state index in [2.05, 4.69) is 35.2 Å². The van der Waals surface area contributed by atoms with Crippen LogP contribution in [0.3, 0.4) is 0 Å². The normalized spacial score (nSPS) is 19.9. The van der Waals surface area contributed by atoms with E-state index < -0.39 is 22.2 Å². The second kappa shape index (κ2) is 11.0. The first-order valence-corrected chi connectivity index (χ1v) is 14.7. The molecule has 196 valence electrons. The van der Waals surface area contributed by atoms with Crippen molar-refractivity contribution in [3.05, 3.63) is 95.6 Å². The molecule has 3 N–H and O–H groups in total. The van der Waals surface area contributed by atoms with Crippen LogP contribution in [0.4, 0.5) is 0 Å². The number of sulfonamides is 1. The Labute approximate surface area is 220 Å². The van der Waals surface area contributed by atoms with E-state index in [-0.39, 0.29) is 23.1 Å². The molecule has 6 nitrogen and oxygen atoms in total. The summed E-state index contributed by atoms with van der Waals surface area (Å²) < 4.78 is 35.5. The molecule has 0 amide bonds. The van der Waals surface area contributed by atoms with Crippen molar-refractivity contribution in [2.45, 2.75) is 74.1 Å². The maximum Gasteiger partial charge on any atom is 0.240 e. The lowest BCUT2D eigenvalue weighted by atomic mass is 9.72. The number of ether oxygens (including phenoxy) is 1. The van der Waals surface area contributed by atoms with Crippen LogP contribution in [0.2, 0.25) is 0 Å². The van der Waals surface area contributed by atoms with Crippen molar-refractivity contribution in [1.82, 2.24) is 10.0 Å². The average molecular weight is 521 g/mol. The van der Waals surface area contributed by atoms with Crippen molar-refractivity contribution in [3.63, 3.8) is 0 Å². The molecule has 1 spiro atoms. The van der Waals surface area contributed by atoms with Gasteiger partial charge in [-0.1, -0.05) is 67.6 Å². The Morgan fingerprint density at radius 3 is 2.35 bits per heavy atom. The molecule has 37 heavy (non-hydrogen) atoms. The number of fused-ring (bicyclic) bond motifs is 1. The SMILES string of the molecule is CCc1ccc2c(c1)[C@@H](NC[C@H](O)[C@H](Cc1ccccc1)NS(=O)(=O)c1ccccc1)CC1(CCC1)O2. The number of benzene rings is 3. The Kier molecular flexibility index (Phi) is 7.67. The Morgan fingerprint density at radius 2 is 1.70 bits per heavy atom. The molecule has 3 atom stereocenters. The Morgan fingerprint density at radius 1 is 1.00 bits per heavy atom. The molecule has 0 aromatic heterocycles. The highest BCUT2D eigenvalue weighted by atomic mass is 32.2. The van der Waals surface area contributed by atoms with Crippen molar-refractivity contribution in [1.29, 1.82) is 0 Å². The highest BCUT2D eigenvalue weighted by Crippen LogP contribution is 2.49. The van der Waals surface area contributed by atoms with Gasteiger partial charge >= 0.3 is 0 Å². The third-order valence-electron chi connectivity index (χ3n) is 7.72. The van der Waals surface area contributed by atoms with Crippen molar-refractivity contribution in [2.75, 3.05) is 6.54 Å². The van der Waals surface area contributed by atoms with Crippen molar-refractivity contribution >= 4 is 10.0 Å². The van der Waals surface area contributed by atoms with E-state index in [0.717, 1.165) is 49.0 Å². The third-order valence-corrected chi connectivity index (χ3v) is 9.23. The summed E-state index contributed by atoms with van der Waals surface area (Å²) in [6, 6.07) is 23.7. The Balaban J connectivity index is 1.35. The molecule has 1 fully saturated rings. The average Bonchev–Trinajstić information content (AvgIpc) is 2.90. The second-order valence-corrected chi connectivity index (χ2v) is 12.0. The number of nitrogens with one attached hydrogen (secondary N) is 2. The summed E-state index contributed by atoms with van der Waals surface area (Å²) in [5, 5.41) is 14.9. The lowest BCUT2D eigenvalue weighted by Crippen LogP contribution is -2.52. The number of aryl methyl sites for hydroxylation is 1. The molecule has 5 rings (SSSR count). The topological polar surface area (TPSA) is 87.7 Å². The van der Waals surface area contributed by atoms with Gasteiger partial charge in [0.1, 0.15) is 11.4 Å². The first-order valence-electron chi connectivity index (χ1n) is 13.2. The molecule has 1 saturated carbocycles. The summed E-state index contributed by atoms with van der Waals surface area (Å²) in [4.78, 5) is 0.186. The molecule has 1 aliphatic carbocycles. The van der Waals surface area contributed by atoms with Crippen LogP contribution in [0, 0.1) is 0 Å². The highest BCUT2D eigenvalue weighted by Gasteiger charge is 2.45. The first kappa shape index (κ1) is 25.9. The number of aliphatic hydroxyl groups excluding tert-OH is 1. The summed E-state index contributed by atoms with van der Waals surface area (Å²) in [6.45, 7) is 2.39. The van der Waals surface area contributed by atoms with Crippen molar-refractivity contribution in [3.8, 4) is 5.75 Å². The third kappa shape index (κ3) is 5.91. The van der Waals surface area contributed by atoms with Gasteiger partial charge in [0.15, 0.2) is 0 Å². The summed E-state index contributed by atoms with van der Waals surface area (Å²) in [7, 11) is -3.80. The molecule has 3 aromatic rings. The van der Waals surface area contributed by atoms with Crippen LogP contribution in [0.15, 0.2) is 83.8 Å². The maximum atomic E-state index is 13.1. The van der Waals surface area contributed by atoms with Gasteiger partial charge in [-0.3, -0.25) is 0 Å². The lowest BCUT2D eigenvalue weighted by molar-refractivity contribution is -0.0381. The minimum absolute atomic E-state index is 0.0355. The highest BCUT2D eigenvalue weighted by molar-refractivity contribution is 7.89. The fourth-order valence-electron chi connectivity index (χ4n) is 5.40. The fourth-order valence-corrected chi connectivity index (χ4v) is 6.69. The van der Waals surface area contributed by atoms with Crippen LogP contribution >= 0.6 is 0 Å². The van der Waals surface area contributed by atoms with Gasteiger partial charge in [-0.2, -0.15) is 0 Å². The van der Waals surface area contributed by atoms with Gasteiger partial charge in [0.25, 0.3) is 0 Å². The van der Waals surface area contributed by atoms with E-state index in [1.165, 1.54) is 5.56 Å². The molecular formula is C30H36N2O4S. The van der Waals surface area contributed by atoms with Crippen LogP contribution in [-0.2, 0) is 22.9 Å². The molecule has 0 bridgehead atoms. The molecule has 0 radical (unpaired) electrons. The first-order chi connectivity index (χ1) is 17.9. The lowest BCUT2D eigenvalue weighted by Gasteiger charge is -2.48. The van der Waals surface area contributed by atoms with Crippen molar-refractivity contribution in [2.24, 2.45) is 0 Å². The Hall–Kier alpha value is -2.71. The smallest absolute Gasteiger partial charge is 0.240 e. The summed E-state index contributed by atoms with van der Waals surface area (Å²) in [5.74, 6) is 0.917. The van der Waals surface area contributed by atoms with Gasteiger partial charge in [0.05, 0.1) is 17.0 Å². The number of hydrogen-bond donors (Lipinski definition) is 3. The van der Waals surface area contributed by atoms with Gasteiger partial charge in [-0.25, -0.2) is 13.1 Å². The molecular weight excluding hydrogens is 484 g/mol. The largest absolute Gasteiger partial charge is 0.487 e. The minimum atomic E-state index is -3.80. The number of aliphatic hydroxyl groups is 1. The predicted molar refractivity (Wildman–Crippen MR) is 145 cm³/mol. The zero-order valence-electron chi connectivity index (χ0n) is 21.3. The second-order valence-electron chi connectivity index (χ2n) is 10.3. The van der Waals surface area contributed by atoms with E-state index in [0.29, 0.717) is 6.42 Å². The zero-order chi connectivity index (χ0) is 25.9. The maximum absolute atomic E-state index is 13.1.